The number of rotatable bonds is 2. The molecule has 3 N–H and O–H groups in total. The van der Waals surface area contributed by atoms with Crippen molar-refractivity contribution < 1.29 is 9.59 Å². The second-order valence-corrected chi connectivity index (χ2v) is 4.84. The number of nitrogens with zero attached hydrogens (tertiary/aromatic N) is 4. The van der Waals surface area contributed by atoms with Crippen LogP contribution in [0.4, 0.5) is 5.95 Å². The van der Waals surface area contributed by atoms with E-state index in [2.05, 4.69) is 15.2 Å². The van der Waals surface area contributed by atoms with Crippen molar-refractivity contribution in [1.29, 1.82) is 0 Å². The number of nitrogen functional groups attached to an aromatic ring is 1. The summed E-state index contributed by atoms with van der Waals surface area (Å²) in [5, 5.41) is 6.13. The Balaban J connectivity index is 1.93. The first-order chi connectivity index (χ1) is 8.99. The predicted molar refractivity (Wildman–Crippen MR) is 68.1 cm³/mol. The Kier molecular flexibility index (Phi) is 3.68. The van der Waals surface area contributed by atoms with Crippen LogP contribution in [0.5, 0.6) is 0 Å². The van der Waals surface area contributed by atoms with Crippen molar-refractivity contribution in [2.24, 2.45) is 5.92 Å². The summed E-state index contributed by atoms with van der Waals surface area (Å²) >= 11 is 0. The predicted octanol–water partition coefficient (Wildman–Crippen LogP) is -0.673. The van der Waals surface area contributed by atoms with Gasteiger partial charge in [0.1, 0.15) is 0 Å². The number of hydrogen-bond acceptors (Lipinski definition) is 5. The molecule has 0 saturated carbocycles. The molecule has 0 bridgehead atoms. The van der Waals surface area contributed by atoms with E-state index in [-0.39, 0.29) is 29.5 Å². The maximum atomic E-state index is 12.1. The molecular formula is C11H18N6O2. The van der Waals surface area contributed by atoms with Crippen LogP contribution in [-0.2, 0) is 4.79 Å². The minimum atomic E-state index is -0.222. The number of hydrogen-bond donors (Lipinski definition) is 2. The van der Waals surface area contributed by atoms with Crippen molar-refractivity contribution >= 4 is 17.8 Å². The second kappa shape index (κ2) is 5.25. The molecule has 1 aliphatic rings. The zero-order valence-electron chi connectivity index (χ0n) is 11.1. The van der Waals surface area contributed by atoms with Crippen LogP contribution in [0.3, 0.4) is 0 Å². The van der Waals surface area contributed by atoms with Gasteiger partial charge in [-0.1, -0.05) is 0 Å². The van der Waals surface area contributed by atoms with Gasteiger partial charge in [-0.15, -0.1) is 5.10 Å². The number of anilines is 1. The smallest absolute Gasteiger partial charge is 0.291 e. The number of aromatic amines is 1. The molecule has 1 aromatic heterocycles. The number of aromatic nitrogens is 3. The van der Waals surface area contributed by atoms with Crippen molar-refractivity contribution in [3.63, 3.8) is 0 Å². The highest BCUT2D eigenvalue weighted by atomic mass is 16.2. The number of nitrogens with one attached hydrogen (secondary N) is 1. The third-order valence-corrected chi connectivity index (χ3v) is 3.28. The number of H-pyrrole nitrogens is 1. The third-order valence-electron chi connectivity index (χ3n) is 3.28. The van der Waals surface area contributed by atoms with E-state index in [0.29, 0.717) is 25.9 Å². The van der Waals surface area contributed by atoms with E-state index >= 15 is 0 Å². The molecule has 1 saturated heterocycles. The summed E-state index contributed by atoms with van der Waals surface area (Å²) in [4.78, 5) is 31.0. The van der Waals surface area contributed by atoms with Crippen LogP contribution in [0.25, 0.3) is 0 Å². The fourth-order valence-electron chi connectivity index (χ4n) is 2.21. The molecule has 2 amide bonds. The van der Waals surface area contributed by atoms with Gasteiger partial charge in [-0.2, -0.15) is 4.98 Å². The van der Waals surface area contributed by atoms with Crippen LogP contribution in [0, 0.1) is 5.92 Å². The summed E-state index contributed by atoms with van der Waals surface area (Å²) in [6.45, 7) is 1.09. The van der Waals surface area contributed by atoms with Crippen molar-refractivity contribution in [3.8, 4) is 0 Å². The van der Waals surface area contributed by atoms with Gasteiger partial charge < -0.3 is 15.5 Å². The first-order valence-corrected chi connectivity index (χ1v) is 6.17. The lowest BCUT2D eigenvalue weighted by Crippen LogP contribution is -2.43. The quantitative estimate of drug-likeness (QED) is 0.737. The van der Waals surface area contributed by atoms with E-state index < -0.39 is 0 Å². The summed E-state index contributed by atoms with van der Waals surface area (Å²) in [5.74, 6) is 0.103. The molecule has 0 aromatic carbocycles. The maximum absolute atomic E-state index is 12.1. The molecule has 0 radical (unpaired) electrons. The Morgan fingerprint density at radius 1 is 1.37 bits per heavy atom. The highest BCUT2D eigenvalue weighted by Gasteiger charge is 2.29. The zero-order valence-corrected chi connectivity index (χ0v) is 11.1. The normalized spacial score (nSPS) is 16.4. The monoisotopic (exact) mass is 266 g/mol. The molecule has 0 aliphatic carbocycles. The van der Waals surface area contributed by atoms with Gasteiger partial charge in [0.2, 0.25) is 17.7 Å². The van der Waals surface area contributed by atoms with E-state index in [4.69, 9.17) is 5.73 Å². The topological polar surface area (TPSA) is 108 Å². The molecule has 19 heavy (non-hydrogen) atoms. The summed E-state index contributed by atoms with van der Waals surface area (Å²) in [7, 11) is 3.49. The molecule has 8 heteroatoms. The fourth-order valence-corrected chi connectivity index (χ4v) is 2.21. The van der Waals surface area contributed by atoms with Gasteiger partial charge in [-0.05, 0) is 12.8 Å². The van der Waals surface area contributed by atoms with Crippen LogP contribution in [0.15, 0.2) is 0 Å². The molecule has 104 valence electrons. The number of amides is 2. The van der Waals surface area contributed by atoms with Gasteiger partial charge in [0.15, 0.2) is 0 Å². The Morgan fingerprint density at radius 2 is 2.00 bits per heavy atom. The van der Waals surface area contributed by atoms with E-state index in [9.17, 15) is 9.59 Å². The zero-order chi connectivity index (χ0) is 14.0. The molecule has 1 aromatic rings. The van der Waals surface area contributed by atoms with Crippen molar-refractivity contribution in [3.05, 3.63) is 5.82 Å². The molecule has 0 unspecified atom stereocenters. The van der Waals surface area contributed by atoms with Gasteiger partial charge >= 0.3 is 0 Å². The standard InChI is InChI=1S/C11H18N6O2/c1-16(2)9(18)7-3-5-17(6-4-7)10(19)8-13-11(12)15-14-8/h7H,3-6H2,1-2H3,(H3,12,13,14,15). The number of nitrogens with two attached hydrogens (primary N) is 1. The number of piperidine rings is 1. The highest BCUT2D eigenvalue weighted by molar-refractivity contribution is 5.91. The Labute approximate surface area is 111 Å². The molecule has 1 aliphatic heterocycles. The largest absolute Gasteiger partial charge is 0.366 e. The van der Waals surface area contributed by atoms with Gasteiger partial charge in [0.05, 0.1) is 0 Å². The first kappa shape index (κ1) is 13.3. The number of carbonyl (C=O) groups excluding carboxylic acids is 2. The van der Waals surface area contributed by atoms with Crippen LogP contribution in [-0.4, -0.2) is 64.0 Å². The SMILES string of the molecule is CN(C)C(=O)C1CCN(C(=O)c2nc(N)n[nH]2)CC1. The summed E-state index contributed by atoms with van der Waals surface area (Å²) < 4.78 is 0. The number of likely N-dealkylation sites (tertiary alicyclic amines) is 1. The van der Waals surface area contributed by atoms with Gasteiger partial charge in [0, 0.05) is 33.1 Å². The summed E-state index contributed by atoms with van der Waals surface area (Å²) in [6, 6.07) is 0. The summed E-state index contributed by atoms with van der Waals surface area (Å²) in [6.07, 6.45) is 1.35. The minimum Gasteiger partial charge on any atom is -0.366 e. The van der Waals surface area contributed by atoms with Crippen molar-refractivity contribution in [2.45, 2.75) is 12.8 Å². The Bertz CT molecular complexity index is 475. The van der Waals surface area contributed by atoms with Crippen molar-refractivity contribution in [1.82, 2.24) is 25.0 Å². The van der Waals surface area contributed by atoms with E-state index in [1.807, 2.05) is 0 Å². The van der Waals surface area contributed by atoms with E-state index in [0.717, 1.165) is 0 Å². The summed E-state index contributed by atoms with van der Waals surface area (Å²) in [5.41, 5.74) is 5.37. The molecular weight excluding hydrogens is 248 g/mol. The fraction of sp³-hybridized carbons (Fsp3) is 0.636. The minimum absolute atomic E-state index is 0.00107. The lowest BCUT2D eigenvalue weighted by molar-refractivity contribution is -0.134. The lowest BCUT2D eigenvalue weighted by Gasteiger charge is -2.31. The van der Waals surface area contributed by atoms with E-state index in [1.165, 1.54) is 0 Å². The van der Waals surface area contributed by atoms with E-state index in [1.54, 1.807) is 23.9 Å². The molecule has 0 spiro atoms. The van der Waals surface area contributed by atoms with Crippen LogP contribution >= 0.6 is 0 Å². The van der Waals surface area contributed by atoms with Gasteiger partial charge in [0.25, 0.3) is 5.91 Å². The molecule has 0 atom stereocenters. The molecule has 2 rings (SSSR count). The second-order valence-electron chi connectivity index (χ2n) is 4.84. The Hall–Kier alpha value is -2.12. The van der Waals surface area contributed by atoms with Crippen LogP contribution in [0.1, 0.15) is 23.5 Å². The van der Waals surface area contributed by atoms with Gasteiger partial charge in [-0.25, -0.2) is 0 Å². The van der Waals surface area contributed by atoms with Gasteiger partial charge in [-0.3, -0.25) is 14.7 Å². The lowest BCUT2D eigenvalue weighted by atomic mass is 9.95. The molecule has 2 heterocycles. The van der Waals surface area contributed by atoms with Crippen LogP contribution < -0.4 is 5.73 Å². The average molecular weight is 266 g/mol. The average Bonchev–Trinajstić information content (AvgIpc) is 2.84. The first-order valence-electron chi connectivity index (χ1n) is 6.17. The maximum Gasteiger partial charge on any atom is 0.291 e. The highest BCUT2D eigenvalue weighted by Crippen LogP contribution is 2.19. The van der Waals surface area contributed by atoms with Crippen LogP contribution in [0.2, 0.25) is 0 Å². The van der Waals surface area contributed by atoms with Crippen molar-refractivity contribution in [2.75, 3.05) is 32.9 Å². The Morgan fingerprint density at radius 3 is 2.47 bits per heavy atom. The molecule has 8 nitrogen and oxygen atoms in total. The molecule has 1 fully saturated rings. The third kappa shape index (κ3) is 2.83. The number of carbonyl (C=O) groups is 2.